The lowest BCUT2D eigenvalue weighted by Gasteiger charge is -2.14. The van der Waals surface area contributed by atoms with E-state index in [1.165, 1.54) is 24.0 Å². The molecule has 2 aromatic rings. The van der Waals surface area contributed by atoms with Gasteiger partial charge in [0.1, 0.15) is 0 Å². The Labute approximate surface area is 102 Å². The predicted molar refractivity (Wildman–Crippen MR) is 68.5 cm³/mol. The molecule has 3 rings (SSSR count). The van der Waals surface area contributed by atoms with Crippen molar-refractivity contribution in [1.29, 1.82) is 0 Å². The van der Waals surface area contributed by atoms with Gasteiger partial charge in [-0.25, -0.2) is 0 Å². The van der Waals surface area contributed by atoms with Gasteiger partial charge in [-0.3, -0.25) is 4.98 Å². The number of nitrogens with one attached hydrogen (secondary N) is 1. The Hall–Kier alpha value is -1.67. The lowest BCUT2D eigenvalue weighted by Crippen LogP contribution is -2.17. The fourth-order valence-corrected chi connectivity index (χ4v) is 2.54. The van der Waals surface area contributed by atoms with Crippen LogP contribution in [-0.4, -0.2) is 4.98 Å². The number of hydrogen-bond acceptors (Lipinski definition) is 2. The van der Waals surface area contributed by atoms with Crippen LogP contribution in [0.25, 0.3) is 0 Å². The van der Waals surface area contributed by atoms with Gasteiger partial charge in [-0.05, 0) is 30.0 Å². The number of hydrogen-bond donors (Lipinski definition) is 1. The first kappa shape index (κ1) is 10.5. The second-order valence-electron chi connectivity index (χ2n) is 4.55. The molecule has 1 N–H and O–H groups in total. The molecule has 0 amide bonds. The van der Waals surface area contributed by atoms with Crippen molar-refractivity contribution in [2.24, 2.45) is 0 Å². The molecule has 0 bridgehead atoms. The van der Waals surface area contributed by atoms with Gasteiger partial charge < -0.3 is 5.32 Å². The zero-order valence-corrected chi connectivity index (χ0v) is 9.71. The first-order valence-electron chi connectivity index (χ1n) is 6.14. The number of benzene rings is 1. The van der Waals surface area contributed by atoms with Crippen LogP contribution in [0.4, 0.5) is 0 Å². The van der Waals surface area contributed by atoms with Crippen LogP contribution in [0, 0.1) is 0 Å². The van der Waals surface area contributed by atoms with Crippen LogP contribution in [0.2, 0.25) is 0 Å². The van der Waals surface area contributed by atoms with E-state index in [0.717, 1.165) is 0 Å². The smallest absolute Gasteiger partial charge is 0.0341 e. The van der Waals surface area contributed by atoms with Gasteiger partial charge in [0.05, 0.1) is 0 Å². The van der Waals surface area contributed by atoms with Gasteiger partial charge in [0, 0.05) is 24.5 Å². The van der Waals surface area contributed by atoms with Crippen molar-refractivity contribution in [3.8, 4) is 0 Å². The molecule has 1 aromatic carbocycles. The van der Waals surface area contributed by atoms with Crippen LogP contribution in [0.5, 0.6) is 0 Å². The molecule has 86 valence electrons. The predicted octanol–water partition coefficient (Wildman–Crippen LogP) is 3.25. The van der Waals surface area contributed by atoms with Gasteiger partial charge >= 0.3 is 0 Å². The highest BCUT2D eigenvalue weighted by Gasteiger charge is 2.25. The Bertz CT molecular complexity index is 421. The summed E-state index contributed by atoms with van der Waals surface area (Å²) in [6.07, 6.45) is 6.17. The van der Waals surface area contributed by atoms with E-state index in [1.54, 1.807) is 0 Å². The van der Waals surface area contributed by atoms with Crippen molar-refractivity contribution >= 4 is 0 Å². The molecule has 1 aliphatic heterocycles. The minimum Gasteiger partial charge on any atom is -0.303 e. The highest BCUT2D eigenvalue weighted by molar-refractivity contribution is 5.23. The summed E-state index contributed by atoms with van der Waals surface area (Å²) in [5, 5.41) is 3.68. The Morgan fingerprint density at radius 2 is 1.59 bits per heavy atom. The van der Waals surface area contributed by atoms with Crippen molar-refractivity contribution in [1.82, 2.24) is 10.3 Å². The third kappa shape index (κ3) is 2.22. The molecule has 1 aliphatic rings. The van der Waals surface area contributed by atoms with Crippen molar-refractivity contribution in [2.75, 3.05) is 0 Å². The molecule has 1 aromatic heterocycles. The van der Waals surface area contributed by atoms with Crippen molar-refractivity contribution in [3.05, 3.63) is 66.0 Å². The quantitative estimate of drug-likeness (QED) is 0.847. The van der Waals surface area contributed by atoms with Gasteiger partial charge in [0.25, 0.3) is 0 Å². The molecule has 2 unspecified atom stereocenters. The molecule has 0 radical (unpaired) electrons. The minimum absolute atomic E-state index is 0.453. The second-order valence-corrected chi connectivity index (χ2v) is 4.55. The minimum atomic E-state index is 0.453. The maximum absolute atomic E-state index is 4.19. The SMILES string of the molecule is c1ccc(C2CCC(c3cccnc3)N2)cc1. The van der Waals surface area contributed by atoms with E-state index in [2.05, 4.69) is 46.7 Å². The Morgan fingerprint density at radius 3 is 2.29 bits per heavy atom. The van der Waals surface area contributed by atoms with E-state index in [0.29, 0.717) is 12.1 Å². The zero-order valence-electron chi connectivity index (χ0n) is 9.71. The topological polar surface area (TPSA) is 24.9 Å². The van der Waals surface area contributed by atoms with Gasteiger partial charge in [-0.15, -0.1) is 0 Å². The fourth-order valence-electron chi connectivity index (χ4n) is 2.54. The highest BCUT2D eigenvalue weighted by Crippen LogP contribution is 2.33. The van der Waals surface area contributed by atoms with Crippen molar-refractivity contribution in [2.45, 2.75) is 24.9 Å². The van der Waals surface area contributed by atoms with E-state index in [4.69, 9.17) is 0 Å². The molecule has 2 heterocycles. The number of aromatic nitrogens is 1. The van der Waals surface area contributed by atoms with E-state index in [1.807, 2.05) is 18.5 Å². The molecular weight excluding hydrogens is 208 g/mol. The fraction of sp³-hybridized carbons (Fsp3) is 0.267. The molecule has 0 aliphatic carbocycles. The molecule has 2 nitrogen and oxygen atoms in total. The average molecular weight is 224 g/mol. The summed E-state index contributed by atoms with van der Waals surface area (Å²) in [5.74, 6) is 0. The van der Waals surface area contributed by atoms with Crippen LogP contribution in [-0.2, 0) is 0 Å². The molecule has 2 heteroatoms. The van der Waals surface area contributed by atoms with Crippen LogP contribution >= 0.6 is 0 Å². The molecule has 1 fully saturated rings. The summed E-state index contributed by atoms with van der Waals surface area (Å²) in [6.45, 7) is 0. The Balaban J connectivity index is 1.75. The number of nitrogens with zero attached hydrogens (tertiary/aromatic N) is 1. The average Bonchev–Trinajstić information content (AvgIpc) is 2.90. The van der Waals surface area contributed by atoms with E-state index < -0.39 is 0 Å². The summed E-state index contributed by atoms with van der Waals surface area (Å²) >= 11 is 0. The Morgan fingerprint density at radius 1 is 0.882 bits per heavy atom. The third-order valence-electron chi connectivity index (χ3n) is 3.44. The summed E-state index contributed by atoms with van der Waals surface area (Å²) in [5.41, 5.74) is 2.69. The first-order valence-corrected chi connectivity index (χ1v) is 6.14. The zero-order chi connectivity index (χ0) is 11.5. The number of pyridine rings is 1. The van der Waals surface area contributed by atoms with Crippen LogP contribution in [0.1, 0.15) is 36.1 Å². The summed E-state index contributed by atoms with van der Waals surface area (Å²) < 4.78 is 0. The Kier molecular flexibility index (Phi) is 2.88. The molecule has 0 saturated carbocycles. The van der Waals surface area contributed by atoms with Crippen molar-refractivity contribution in [3.63, 3.8) is 0 Å². The van der Waals surface area contributed by atoms with E-state index in [9.17, 15) is 0 Å². The maximum Gasteiger partial charge on any atom is 0.0341 e. The summed E-state index contributed by atoms with van der Waals surface area (Å²) in [4.78, 5) is 4.19. The van der Waals surface area contributed by atoms with Crippen LogP contribution in [0.15, 0.2) is 54.9 Å². The van der Waals surface area contributed by atoms with Gasteiger partial charge in [0.15, 0.2) is 0 Å². The van der Waals surface area contributed by atoms with Crippen LogP contribution < -0.4 is 5.32 Å². The monoisotopic (exact) mass is 224 g/mol. The van der Waals surface area contributed by atoms with Gasteiger partial charge in [-0.1, -0.05) is 36.4 Å². The third-order valence-corrected chi connectivity index (χ3v) is 3.44. The molecular formula is C15H16N2. The van der Waals surface area contributed by atoms with Crippen molar-refractivity contribution < 1.29 is 0 Å². The second kappa shape index (κ2) is 4.68. The van der Waals surface area contributed by atoms with E-state index >= 15 is 0 Å². The summed E-state index contributed by atoms with van der Waals surface area (Å²) in [6, 6.07) is 15.8. The largest absolute Gasteiger partial charge is 0.303 e. The molecule has 2 atom stereocenters. The van der Waals surface area contributed by atoms with E-state index in [-0.39, 0.29) is 0 Å². The van der Waals surface area contributed by atoms with Crippen LogP contribution in [0.3, 0.4) is 0 Å². The molecule has 1 saturated heterocycles. The lowest BCUT2D eigenvalue weighted by atomic mass is 10.0. The summed E-state index contributed by atoms with van der Waals surface area (Å²) in [7, 11) is 0. The van der Waals surface area contributed by atoms with Gasteiger partial charge in [-0.2, -0.15) is 0 Å². The highest BCUT2D eigenvalue weighted by atomic mass is 15.0. The first-order chi connectivity index (χ1) is 8.43. The molecule has 17 heavy (non-hydrogen) atoms. The number of rotatable bonds is 2. The molecule has 0 spiro atoms. The van der Waals surface area contributed by atoms with Gasteiger partial charge in [0.2, 0.25) is 0 Å². The standard InChI is InChI=1S/C15H16N2/c1-2-5-12(6-3-1)14-8-9-15(17-14)13-7-4-10-16-11-13/h1-7,10-11,14-15,17H,8-9H2. The maximum atomic E-state index is 4.19. The lowest BCUT2D eigenvalue weighted by molar-refractivity contribution is 0.573. The normalized spacial score (nSPS) is 23.8.